The van der Waals surface area contributed by atoms with Gasteiger partial charge in [-0.25, -0.2) is 13.2 Å². The Hall–Kier alpha value is -1.99. The van der Waals surface area contributed by atoms with E-state index in [9.17, 15) is 13.2 Å². The predicted molar refractivity (Wildman–Crippen MR) is 66.9 cm³/mol. The van der Waals surface area contributed by atoms with Crippen LogP contribution in [0.3, 0.4) is 0 Å². The average molecular weight is 282 g/mol. The van der Waals surface area contributed by atoms with Crippen LogP contribution in [0.5, 0.6) is 5.75 Å². The summed E-state index contributed by atoms with van der Waals surface area (Å²) in [7, 11) is -1.84. The molecule has 0 aliphatic rings. The van der Waals surface area contributed by atoms with Crippen molar-refractivity contribution in [2.45, 2.75) is 6.61 Å². The number of hydrogen-bond donors (Lipinski definition) is 2. The van der Waals surface area contributed by atoms with E-state index in [0.717, 1.165) is 30.3 Å². The third kappa shape index (κ3) is 3.52. The van der Waals surface area contributed by atoms with Crippen molar-refractivity contribution >= 4 is 12.6 Å². The molecule has 0 bridgehead atoms. The SMILES string of the molecule is OB(O)c1ccc(F)cc1OCc1cc(F)cc(F)c1. The number of hydrogen-bond acceptors (Lipinski definition) is 3. The highest BCUT2D eigenvalue weighted by atomic mass is 19.1. The number of rotatable bonds is 4. The molecular formula is C13H10BF3O3. The van der Waals surface area contributed by atoms with Gasteiger partial charge in [0.15, 0.2) is 0 Å². The van der Waals surface area contributed by atoms with Gasteiger partial charge in [-0.2, -0.15) is 0 Å². The van der Waals surface area contributed by atoms with Crippen LogP contribution in [0.4, 0.5) is 13.2 Å². The highest BCUT2D eigenvalue weighted by Gasteiger charge is 2.18. The Morgan fingerprint density at radius 3 is 2.15 bits per heavy atom. The molecule has 3 nitrogen and oxygen atoms in total. The lowest BCUT2D eigenvalue weighted by atomic mass is 9.79. The highest BCUT2D eigenvalue weighted by molar-refractivity contribution is 6.59. The van der Waals surface area contributed by atoms with Crippen LogP contribution in [-0.2, 0) is 6.61 Å². The summed E-state index contributed by atoms with van der Waals surface area (Å²) in [5.41, 5.74) is 0.161. The van der Waals surface area contributed by atoms with Crippen LogP contribution in [0, 0.1) is 17.5 Å². The van der Waals surface area contributed by atoms with E-state index in [4.69, 9.17) is 14.8 Å². The van der Waals surface area contributed by atoms with Gasteiger partial charge in [0, 0.05) is 17.6 Å². The van der Waals surface area contributed by atoms with Crippen molar-refractivity contribution in [1.29, 1.82) is 0 Å². The molecule has 2 aromatic rings. The summed E-state index contributed by atoms with van der Waals surface area (Å²) in [5, 5.41) is 18.2. The van der Waals surface area contributed by atoms with Gasteiger partial charge < -0.3 is 14.8 Å². The Bertz CT molecular complexity index is 600. The molecule has 0 aliphatic heterocycles. The van der Waals surface area contributed by atoms with Crippen LogP contribution >= 0.6 is 0 Å². The molecule has 2 aromatic carbocycles. The molecular weight excluding hydrogens is 272 g/mol. The van der Waals surface area contributed by atoms with Crippen LogP contribution in [0.15, 0.2) is 36.4 Å². The third-order valence-electron chi connectivity index (χ3n) is 2.57. The second-order valence-corrected chi connectivity index (χ2v) is 4.12. The van der Waals surface area contributed by atoms with E-state index in [1.807, 2.05) is 0 Å². The maximum absolute atomic E-state index is 13.1. The van der Waals surface area contributed by atoms with E-state index in [-0.39, 0.29) is 23.4 Å². The molecule has 0 saturated heterocycles. The predicted octanol–water partition coefficient (Wildman–Crippen LogP) is 1.36. The van der Waals surface area contributed by atoms with E-state index < -0.39 is 24.6 Å². The Balaban J connectivity index is 2.20. The summed E-state index contributed by atoms with van der Waals surface area (Å²) >= 11 is 0. The highest BCUT2D eigenvalue weighted by Crippen LogP contribution is 2.14. The van der Waals surface area contributed by atoms with Crippen molar-refractivity contribution in [3.8, 4) is 5.75 Å². The third-order valence-corrected chi connectivity index (χ3v) is 2.57. The first-order valence-electron chi connectivity index (χ1n) is 5.69. The van der Waals surface area contributed by atoms with Crippen molar-refractivity contribution in [2.24, 2.45) is 0 Å². The zero-order chi connectivity index (χ0) is 14.7. The molecule has 0 amide bonds. The fraction of sp³-hybridized carbons (Fsp3) is 0.0769. The molecule has 0 atom stereocenters. The van der Waals surface area contributed by atoms with Gasteiger partial charge in [0.05, 0.1) is 0 Å². The van der Waals surface area contributed by atoms with Crippen LogP contribution in [0.1, 0.15) is 5.56 Å². The standard InChI is InChI=1S/C13H10BF3O3/c15-9-1-2-12(14(18)19)13(6-9)20-7-8-3-10(16)5-11(17)4-8/h1-6,18-19H,7H2. The van der Waals surface area contributed by atoms with Crippen LogP contribution in [0.25, 0.3) is 0 Å². The van der Waals surface area contributed by atoms with Gasteiger partial charge in [0.25, 0.3) is 0 Å². The summed E-state index contributed by atoms with van der Waals surface area (Å²) in [6, 6.07) is 6.01. The molecule has 0 aromatic heterocycles. The van der Waals surface area contributed by atoms with Gasteiger partial charge >= 0.3 is 7.12 Å². The Morgan fingerprint density at radius 1 is 0.900 bits per heavy atom. The monoisotopic (exact) mass is 282 g/mol. The minimum atomic E-state index is -1.84. The first-order valence-corrected chi connectivity index (χ1v) is 5.69. The van der Waals surface area contributed by atoms with Crippen LogP contribution in [-0.4, -0.2) is 17.2 Å². The van der Waals surface area contributed by atoms with Gasteiger partial charge in [-0.3, -0.25) is 0 Å². The zero-order valence-corrected chi connectivity index (χ0v) is 10.2. The van der Waals surface area contributed by atoms with Crippen molar-refractivity contribution in [1.82, 2.24) is 0 Å². The number of benzene rings is 2. The smallest absolute Gasteiger partial charge is 0.489 e. The second-order valence-electron chi connectivity index (χ2n) is 4.12. The Morgan fingerprint density at radius 2 is 1.55 bits per heavy atom. The topological polar surface area (TPSA) is 49.7 Å². The summed E-state index contributed by atoms with van der Waals surface area (Å²) < 4.78 is 44.3. The van der Waals surface area contributed by atoms with Crippen molar-refractivity contribution in [3.63, 3.8) is 0 Å². The van der Waals surface area contributed by atoms with E-state index in [1.54, 1.807) is 0 Å². The molecule has 20 heavy (non-hydrogen) atoms. The molecule has 0 heterocycles. The molecule has 2 N–H and O–H groups in total. The van der Waals surface area contributed by atoms with Crippen LogP contribution < -0.4 is 10.2 Å². The molecule has 104 valence electrons. The lowest BCUT2D eigenvalue weighted by molar-refractivity contribution is 0.303. The Kier molecular flexibility index (Phi) is 4.31. The van der Waals surface area contributed by atoms with Crippen molar-refractivity contribution < 1.29 is 28.0 Å². The number of halogens is 3. The van der Waals surface area contributed by atoms with Crippen molar-refractivity contribution in [3.05, 3.63) is 59.4 Å². The zero-order valence-electron chi connectivity index (χ0n) is 10.2. The molecule has 0 radical (unpaired) electrons. The van der Waals surface area contributed by atoms with E-state index in [2.05, 4.69) is 0 Å². The summed E-state index contributed by atoms with van der Waals surface area (Å²) in [6.07, 6.45) is 0. The van der Waals surface area contributed by atoms with Gasteiger partial charge in [-0.1, -0.05) is 6.07 Å². The first-order chi connectivity index (χ1) is 9.45. The second kappa shape index (κ2) is 5.98. The molecule has 0 unspecified atom stereocenters. The molecule has 0 aliphatic carbocycles. The largest absolute Gasteiger partial charge is 0.492 e. The van der Waals surface area contributed by atoms with E-state index >= 15 is 0 Å². The fourth-order valence-electron chi connectivity index (χ4n) is 1.70. The molecule has 0 fully saturated rings. The van der Waals surface area contributed by atoms with E-state index in [0.29, 0.717) is 6.07 Å². The molecule has 7 heteroatoms. The summed E-state index contributed by atoms with van der Waals surface area (Å²) in [6.45, 7) is -0.238. The lowest BCUT2D eigenvalue weighted by Gasteiger charge is -2.11. The minimum absolute atomic E-state index is 0.0386. The molecule has 0 spiro atoms. The first kappa shape index (κ1) is 14.4. The van der Waals surface area contributed by atoms with Crippen LogP contribution in [0.2, 0.25) is 0 Å². The summed E-state index contributed by atoms with van der Waals surface area (Å²) in [4.78, 5) is 0. The maximum Gasteiger partial charge on any atom is 0.492 e. The normalized spacial score (nSPS) is 10.4. The van der Waals surface area contributed by atoms with Gasteiger partial charge in [0.2, 0.25) is 0 Å². The average Bonchev–Trinajstić information content (AvgIpc) is 2.35. The molecule has 2 rings (SSSR count). The summed E-state index contributed by atoms with van der Waals surface area (Å²) in [5.74, 6) is -2.25. The van der Waals surface area contributed by atoms with Gasteiger partial charge in [0.1, 0.15) is 29.8 Å². The van der Waals surface area contributed by atoms with Gasteiger partial charge in [-0.05, 0) is 23.8 Å². The quantitative estimate of drug-likeness (QED) is 0.832. The minimum Gasteiger partial charge on any atom is -0.489 e. The van der Waals surface area contributed by atoms with Crippen molar-refractivity contribution in [2.75, 3.05) is 0 Å². The number of ether oxygens (including phenoxy) is 1. The van der Waals surface area contributed by atoms with Gasteiger partial charge in [-0.15, -0.1) is 0 Å². The maximum atomic E-state index is 13.1. The van der Waals surface area contributed by atoms with E-state index in [1.165, 1.54) is 0 Å². The Labute approximate surface area is 113 Å². The fourth-order valence-corrected chi connectivity index (χ4v) is 1.70. The lowest BCUT2D eigenvalue weighted by Crippen LogP contribution is -2.31. The molecule has 0 saturated carbocycles.